The van der Waals surface area contributed by atoms with Gasteiger partial charge in [-0.2, -0.15) is 8.78 Å². The normalized spacial score (nSPS) is 13.5. The lowest BCUT2D eigenvalue weighted by Crippen LogP contribution is -2.47. The first-order valence-electron chi connectivity index (χ1n) is 5.37. The molecule has 0 aliphatic carbocycles. The molecule has 1 amide bonds. The van der Waals surface area contributed by atoms with Crippen LogP contribution in [0.5, 0.6) is 0 Å². The van der Waals surface area contributed by atoms with E-state index in [-0.39, 0.29) is 5.56 Å². The summed E-state index contributed by atoms with van der Waals surface area (Å²) in [4.78, 5) is 11.7. The number of alkyl halides is 4. The molecule has 0 aliphatic rings. The highest BCUT2D eigenvalue weighted by atomic mass is 19.3. The van der Waals surface area contributed by atoms with Crippen LogP contribution in [0.25, 0.3) is 0 Å². The van der Waals surface area contributed by atoms with Crippen LogP contribution < -0.4 is 0 Å². The number of amides is 1. The van der Waals surface area contributed by atoms with Gasteiger partial charge in [-0.15, -0.1) is 0 Å². The van der Waals surface area contributed by atoms with Gasteiger partial charge < -0.3 is 4.90 Å². The van der Waals surface area contributed by atoms with Crippen molar-refractivity contribution in [1.29, 1.82) is 0 Å². The van der Waals surface area contributed by atoms with Crippen LogP contribution >= 0.6 is 0 Å². The van der Waals surface area contributed by atoms with Crippen molar-refractivity contribution in [3.8, 4) is 0 Å². The van der Waals surface area contributed by atoms with Crippen LogP contribution in [0, 0.1) is 5.82 Å². The second kappa shape index (κ2) is 5.54. The molecule has 19 heavy (non-hydrogen) atoms. The number of halogens is 5. The number of benzene rings is 1. The summed E-state index contributed by atoms with van der Waals surface area (Å²) in [6.07, 6.45) is -4.10. The van der Waals surface area contributed by atoms with E-state index in [0.29, 0.717) is 4.90 Å². The largest absolute Gasteiger partial charge is 0.383 e. The zero-order chi connectivity index (χ0) is 14.8. The van der Waals surface area contributed by atoms with Gasteiger partial charge in [0.05, 0.1) is 6.04 Å². The lowest BCUT2D eigenvalue weighted by Gasteiger charge is -2.28. The van der Waals surface area contributed by atoms with E-state index in [9.17, 15) is 26.7 Å². The maximum Gasteiger partial charge on any atom is 0.383 e. The van der Waals surface area contributed by atoms with E-state index in [1.165, 1.54) is 25.1 Å². The first-order chi connectivity index (χ1) is 8.69. The highest BCUT2D eigenvalue weighted by molar-refractivity contribution is 5.84. The second-order valence-corrected chi connectivity index (χ2v) is 4.04. The molecule has 1 atom stereocenters. The van der Waals surface area contributed by atoms with E-state index in [2.05, 4.69) is 0 Å². The Hall–Kier alpha value is -1.66. The summed E-state index contributed by atoms with van der Waals surface area (Å²) in [6, 6.07) is 4.15. The Kier molecular flexibility index (Phi) is 4.49. The van der Waals surface area contributed by atoms with Crippen LogP contribution in [-0.4, -0.2) is 30.2 Å². The van der Waals surface area contributed by atoms with Crippen molar-refractivity contribution >= 4 is 5.91 Å². The van der Waals surface area contributed by atoms with Gasteiger partial charge in [-0.3, -0.25) is 4.79 Å². The van der Waals surface area contributed by atoms with Crippen molar-refractivity contribution in [3.63, 3.8) is 0 Å². The number of carbonyl (C=O) groups is 1. The minimum atomic E-state index is -4.78. The van der Waals surface area contributed by atoms with E-state index in [1.54, 1.807) is 0 Å². The highest BCUT2D eigenvalue weighted by Gasteiger charge is 2.51. The molecular formula is C12H12F5NO. The van der Waals surface area contributed by atoms with E-state index < -0.39 is 30.1 Å². The smallest absolute Gasteiger partial charge is 0.333 e. The van der Waals surface area contributed by atoms with Gasteiger partial charge in [0.1, 0.15) is 5.82 Å². The number of rotatable bonds is 4. The van der Waals surface area contributed by atoms with Gasteiger partial charge in [0, 0.05) is 12.6 Å². The number of carbonyl (C=O) groups excluding carboxylic acids is 1. The Bertz CT molecular complexity index is 463. The van der Waals surface area contributed by atoms with Crippen LogP contribution in [0.15, 0.2) is 24.3 Å². The molecule has 1 aromatic rings. The molecule has 2 nitrogen and oxygen atoms in total. The average molecular weight is 281 g/mol. The maximum atomic E-state index is 13.4. The second-order valence-electron chi connectivity index (χ2n) is 4.04. The van der Waals surface area contributed by atoms with Crippen LogP contribution in [0.3, 0.4) is 0 Å². The quantitative estimate of drug-likeness (QED) is 0.776. The van der Waals surface area contributed by atoms with Crippen molar-refractivity contribution in [2.24, 2.45) is 0 Å². The molecule has 7 heteroatoms. The summed E-state index contributed by atoms with van der Waals surface area (Å²) in [7, 11) is 0.926. The van der Waals surface area contributed by atoms with E-state index >= 15 is 0 Å². The van der Waals surface area contributed by atoms with Crippen molar-refractivity contribution in [1.82, 2.24) is 4.90 Å². The van der Waals surface area contributed by atoms with Crippen molar-refractivity contribution in [2.75, 3.05) is 7.05 Å². The lowest BCUT2D eigenvalue weighted by atomic mass is 10.1. The van der Waals surface area contributed by atoms with Crippen molar-refractivity contribution < 1.29 is 26.7 Å². The molecular weight excluding hydrogens is 269 g/mol. The fourth-order valence-corrected chi connectivity index (χ4v) is 1.53. The lowest BCUT2D eigenvalue weighted by molar-refractivity contribution is -0.181. The minimum absolute atomic E-state index is 0.0246. The standard InChI is InChI=1S/C12H12F5NO/c1-7(8-5-3-4-6-9(8)13)18(2)11(19)12(16,17)10(14)15/h3-7,10H,1-2H3. The number of nitrogens with zero attached hydrogens (tertiary/aromatic N) is 1. The van der Waals surface area contributed by atoms with Gasteiger partial charge in [0.2, 0.25) is 0 Å². The number of hydrogen-bond donors (Lipinski definition) is 0. The summed E-state index contributed by atoms with van der Waals surface area (Å²) in [5, 5.41) is 0. The molecule has 1 aromatic carbocycles. The summed E-state index contributed by atoms with van der Waals surface area (Å²) in [5.74, 6) is -7.53. The fraction of sp³-hybridized carbons (Fsp3) is 0.417. The third kappa shape index (κ3) is 3.02. The van der Waals surface area contributed by atoms with Crippen molar-refractivity contribution in [2.45, 2.75) is 25.3 Å². The van der Waals surface area contributed by atoms with Crippen LogP contribution in [0.2, 0.25) is 0 Å². The summed E-state index contributed by atoms with van der Waals surface area (Å²) in [5.41, 5.74) is -0.0246. The van der Waals surface area contributed by atoms with E-state index in [1.807, 2.05) is 0 Å². The Balaban J connectivity index is 2.98. The van der Waals surface area contributed by atoms with Gasteiger partial charge >= 0.3 is 12.3 Å². The Morgan fingerprint density at radius 2 is 1.79 bits per heavy atom. The van der Waals surface area contributed by atoms with Gasteiger partial charge in [-0.25, -0.2) is 13.2 Å². The van der Waals surface area contributed by atoms with Gasteiger partial charge in [-0.05, 0) is 13.0 Å². The number of hydrogen-bond acceptors (Lipinski definition) is 1. The third-order valence-corrected chi connectivity index (χ3v) is 2.82. The van der Waals surface area contributed by atoms with E-state index in [0.717, 1.165) is 13.1 Å². The Labute approximate surface area is 106 Å². The van der Waals surface area contributed by atoms with E-state index in [4.69, 9.17) is 0 Å². The third-order valence-electron chi connectivity index (χ3n) is 2.82. The average Bonchev–Trinajstić information content (AvgIpc) is 2.36. The molecule has 106 valence electrons. The molecule has 0 N–H and O–H groups in total. The van der Waals surface area contributed by atoms with Crippen LogP contribution in [0.1, 0.15) is 18.5 Å². The van der Waals surface area contributed by atoms with Crippen molar-refractivity contribution in [3.05, 3.63) is 35.6 Å². The minimum Gasteiger partial charge on any atom is -0.333 e. The molecule has 0 fully saturated rings. The molecule has 0 radical (unpaired) electrons. The molecule has 1 unspecified atom stereocenters. The predicted molar refractivity (Wildman–Crippen MR) is 58.5 cm³/mol. The molecule has 1 rings (SSSR count). The molecule has 0 aromatic heterocycles. The van der Waals surface area contributed by atoms with Crippen LogP contribution in [0.4, 0.5) is 22.0 Å². The monoisotopic (exact) mass is 281 g/mol. The van der Waals surface area contributed by atoms with Gasteiger partial charge in [-0.1, -0.05) is 18.2 Å². The highest BCUT2D eigenvalue weighted by Crippen LogP contribution is 2.29. The van der Waals surface area contributed by atoms with Gasteiger partial charge in [0.15, 0.2) is 0 Å². The SMILES string of the molecule is CC(c1ccccc1F)N(C)C(=O)C(F)(F)C(F)F. The predicted octanol–water partition coefficient (Wildman–Crippen LogP) is 3.25. The summed E-state index contributed by atoms with van der Waals surface area (Å²) < 4.78 is 63.5. The molecule has 0 saturated heterocycles. The zero-order valence-corrected chi connectivity index (χ0v) is 10.2. The summed E-state index contributed by atoms with van der Waals surface area (Å²) >= 11 is 0. The van der Waals surface area contributed by atoms with Gasteiger partial charge in [0.25, 0.3) is 5.91 Å². The molecule has 0 spiro atoms. The topological polar surface area (TPSA) is 20.3 Å². The molecule has 0 aliphatic heterocycles. The summed E-state index contributed by atoms with van der Waals surface area (Å²) in [6.45, 7) is 1.28. The molecule has 0 saturated carbocycles. The first kappa shape index (κ1) is 15.4. The molecule has 0 bridgehead atoms. The molecule has 0 heterocycles. The Morgan fingerprint density at radius 1 is 1.26 bits per heavy atom. The zero-order valence-electron chi connectivity index (χ0n) is 10.2. The van der Waals surface area contributed by atoms with Crippen LogP contribution in [-0.2, 0) is 4.79 Å². The maximum absolute atomic E-state index is 13.4. The fourth-order valence-electron chi connectivity index (χ4n) is 1.53. The Morgan fingerprint density at radius 3 is 2.26 bits per heavy atom. The first-order valence-corrected chi connectivity index (χ1v) is 5.37.